The van der Waals surface area contributed by atoms with Crippen molar-refractivity contribution in [3.05, 3.63) is 83.0 Å². The number of nitrogens with zero attached hydrogens (tertiary/aromatic N) is 5. The lowest BCUT2D eigenvalue weighted by Gasteiger charge is -2.31. The molecule has 2 N–H and O–H groups in total. The van der Waals surface area contributed by atoms with Crippen molar-refractivity contribution in [1.29, 1.82) is 0 Å². The molecule has 38 heavy (non-hydrogen) atoms. The molecule has 1 aliphatic carbocycles. The summed E-state index contributed by atoms with van der Waals surface area (Å²) in [6.07, 6.45) is 16.7. The van der Waals surface area contributed by atoms with Gasteiger partial charge in [0.2, 0.25) is 5.95 Å². The molecule has 200 valence electrons. The SMILES string of the molecule is C=C(c1ccnc(NSC)c1)N1CC[C@H](N2Cc3cnc(NC4=CC=C(C)C(C)=CC4)nc3C2)CC[C@H]1C. The number of likely N-dealkylation sites (tertiary alicyclic amines) is 1. The van der Waals surface area contributed by atoms with Crippen LogP contribution in [0.3, 0.4) is 0 Å². The van der Waals surface area contributed by atoms with Crippen molar-refractivity contribution in [2.45, 2.75) is 71.6 Å². The molecule has 2 aliphatic heterocycles. The monoisotopic (exact) mass is 529 g/mol. The zero-order valence-corrected chi connectivity index (χ0v) is 23.8. The first-order chi connectivity index (χ1) is 18.4. The van der Waals surface area contributed by atoms with Gasteiger partial charge < -0.3 is 14.9 Å². The van der Waals surface area contributed by atoms with E-state index in [1.54, 1.807) is 11.9 Å². The van der Waals surface area contributed by atoms with Crippen molar-refractivity contribution in [2.24, 2.45) is 0 Å². The van der Waals surface area contributed by atoms with Crippen LogP contribution in [-0.4, -0.2) is 49.6 Å². The lowest BCUT2D eigenvalue weighted by atomic mass is 10.1. The molecule has 0 saturated carbocycles. The van der Waals surface area contributed by atoms with Crippen LogP contribution >= 0.6 is 11.9 Å². The Morgan fingerprint density at radius 1 is 1.11 bits per heavy atom. The van der Waals surface area contributed by atoms with Gasteiger partial charge in [0.15, 0.2) is 0 Å². The van der Waals surface area contributed by atoms with Crippen LogP contribution in [-0.2, 0) is 13.1 Å². The lowest BCUT2D eigenvalue weighted by molar-refractivity contribution is 0.180. The van der Waals surface area contributed by atoms with Crippen LogP contribution in [0.15, 0.2) is 66.2 Å². The molecule has 0 aromatic carbocycles. The van der Waals surface area contributed by atoms with Crippen molar-refractivity contribution >= 4 is 29.4 Å². The predicted octanol–water partition coefficient (Wildman–Crippen LogP) is 6.38. The number of fused-ring (bicyclic) bond motifs is 1. The van der Waals surface area contributed by atoms with E-state index < -0.39 is 0 Å². The molecule has 7 nitrogen and oxygen atoms in total. The van der Waals surface area contributed by atoms with Gasteiger partial charge in [-0.1, -0.05) is 36.3 Å². The van der Waals surface area contributed by atoms with E-state index in [9.17, 15) is 0 Å². The Bertz CT molecular complexity index is 1280. The molecule has 8 heteroatoms. The van der Waals surface area contributed by atoms with Gasteiger partial charge in [-0.25, -0.2) is 15.0 Å². The molecule has 2 atom stereocenters. The Hall–Kier alpha value is -3.10. The first-order valence-corrected chi connectivity index (χ1v) is 14.7. The van der Waals surface area contributed by atoms with Gasteiger partial charge in [0, 0.05) is 79.3 Å². The summed E-state index contributed by atoms with van der Waals surface area (Å²) < 4.78 is 3.23. The molecular weight excluding hydrogens is 490 g/mol. The average molecular weight is 530 g/mol. The summed E-state index contributed by atoms with van der Waals surface area (Å²) in [5.41, 5.74) is 8.36. The molecule has 1 fully saturated rings. The second-order valence-electron chi connectivity index (χ2n) is 10.6. The molecule has 0 amide bonds. The maximum Gasteiger partial charge on any atom is 0.227 e. The van der Waals surface area contributed by atoms with Gasteiger partial charge in [0.25, 0.3) is 0 Å². The topological polar surface area (TPSA) is 69.2 Å². The summed E-state index contributed by atoms with van der Waals surface area (Å²) >= 11 is 1.55. The molecule has 0 radical (unpaired) electrons. The summed E-state index contributed by atoms with van der Waals surface area (Å²) in [5.74, 6) is 1.57. The van der Waals surface area contributed by atoms with Crippen LogP contribution in [0.5, 0.6) is 0 Å². The smallest absolute Gasteiger partial charge is 0.227 e. The quantitative estimate of drug-likeness (QED) is 0.400. The third-order valence-electron chi connectivity index (χ3n) is 8.05. The fourth-order valence-corrected chi connectivity index (χ4v) is 5.85. The molecule has 4 heterocycles. The highest BCUT2D eigenvalue weighted by Crippen LogP contribution is 2.32. The summed E-state index contributed by atoms with van der Waals surface area (Å²) in [5, 5.41) is 3.45. The van der Waals surface area contributed by atoms with Crippen LogP contribution in [0.2, 0.25) is 0 Å². The third kappa shape index (κ3) is 5.97. The standard InChI is InChI=1S/C30H39N7S/c1-20-6-9-26(10-7-21(20)2)33-30-32-17-25-18-36(19-28(25)34-30)27-11-8-22(3)37(15-13-27)23(4)24-12-14-31-29(16-24)35-38-5/h6-7,9,12,14,16-17,22,27H,4,8,10-11,13,15,18-19H2,1-3,5H3,(H,31,35)(H,32,33,34)/t22-,27-/m1/s1. The Morgan fingerprint density at radius 3 is 2.82 bits per heavy atom. The minimum atomic E-state index is 0.446. The number of pyridine rings is 1. The fourth-order valence-electron chi connectivity index (χ4n) is 5.53. The Labute approximate surface area is 231 Å². The van der Waals surface area contributed by atoms with Crippen LogP contribution in [0.4, 0.5) is 11.8 Å². The lowest BCUT2D eigenvalue weighted by Crippen LogP contribution is -2.33. The van der Waals surface area contributed by atoms with Crippen LogP contribution in [0, 0.1) is 0 Å². The minimum absolute atomic E-state index is 0.446. The molecule has 1 saturated heterocycles. The highest BCUT2D eigenvalue weighted by Gasteiger charge is 2.31. The summed E-state index contributed by atoms with van der Waals surface area (Å²) in [7, 11) is 0. The van der Waals surface area contributed by atoms with Gasteiger partial charge in [0.05, 0.1) is 5.69 Å². The molecule has 2 aromatic rings. The number of rotatable bonds is 7. The van der Waals surface area contributed by atoms with Crippen LogP contribution in [0.1, 0.15) is 63.3 Å². The second kappa shape index (κ2) is 11.7. The van der Waals surface area contributed by atoms with E-state index in [-0.39, 0.29) is 0 Å². The first-order valence-electron chi connectivity index (χ1n) is 13.5. The normalized spacial score (nSPS) is 22.0. The number of nitrogens with one attached hydrogen (secondary N) is 2. The van der Waals surface area contributed by atoms with E-state index in [0.717, 1.165) is 67.4 Å². The third-order valence-corrected chi connectivity index (χ3v) is 8.47. The van der Waals surface area contributed by atoms with Gasteiger partial charge in [0.1, 0.15) is 5.82 Å². The number of allylic oxidation sites excluding steroid dienone is 5. The minimum Gasteiger partial charge on any atom is -0.369 e. The van der Waals surface area contributed by atoms with Crippen LogP contribution in [0.25, 0.3) is 5.70 Å². The molecular formula is C30H39N7S. The first kappa shape index (κ1) is 26.5. The number of hydrogen-bond donors (Lipinski definition) is 2. The summed E-state index contributed by atoms with van der Waals surface area (Å²) in [6, 6.07) is 5.12. The van der Waals surface area contributed by atoms with Crippen molar-refractivity contribution < 1.29 is 0 Å². The maximum absolute atomic E-state index is 4.92. The molecule has 0 spiro atoms. The largest absolute Gasteiger partial charge is 0.369 e. The van der Waals surface area contributed by atoms with E-state index >= 15 is 0 Å². The molecule has 0 bridgehead atoms. The average Bonchev–Trinajstić information content (AvgIpc) is 3.15. The van der Waals surface area contributed by atoms with Crippen molar-refractivity contribution in [1.82, 2.24) is 24.8 Å². The summed E-state index contributed by atoms with van der Waals surface area (Å²) in [4.78, 5) is 19.1. The molecule has 5 rings (SSSR count). The zero-order valence-electron chi connectivity index (χ0n) is 23.0. The molecule has 2 aromatic heterocycles. The van der Waals surface area contributed by atoms with Crippen molar-refractivity contribution in [2.75, 3.05) is 22.8 Å². The molecule has 0 unspecified atom stereocenters. The molecule has 3 aliphatic rings. The summed E-state index contributed by atoms with van der Waals surface area (Å²) in [6.45, 7) is 13.9. The van der Waals surface area contributed by atoms with Crippen molar-refractivity contribution in [3.63, 3.8) is 0 Å². The van der Waals surface area contributed by atoms with Gasteiger partial charge in [-0.2, -0.15) is 0 Å². The highest BCUT2D eigenvalue weighted by atomic mass is 32.2. The van der Waals surface area contributed by atoms with E-state index in [1.165, 1.54) is 23.1 Å². The Kier molecular flexibility index (Phi) is 8.19. The van der Waals surface area contributed by atoms with E-state index in [4.69, 9.17) is 4.98 Å². The highest BCUT2D eigenvalue weighted by molar-refractivity contribution is 7.99. The van der Waals surface area contributed by atoms with Gasteiger partial charge >= 0.3 is 0 Å². The van der Waals surface area contributed by atoms with Gasteiger partial charge in [-0.3, -0.25) is 4.90 Å². The predicted molar refractivity (Wildman–Crippen MR) is 159 cm³/mol. The zero-order chi connectivity index (χ0) is 26.6. The van der Waals surface area contributed by atoms with E-state index in [1.807, 2.05) is 18.6 Å². The van der Waals surface area contributed by atoms with E-state index in [0.29, 0.717) is 18.0 Å². The van der Waals surface area contributed by atoms with Gasteiger partial charge in [-0.15, -0.1) is 0 Å². The van der Waals surface area contributed by atoms with Crippen LogP contribution < -0.4 is 10.0 Å². The maximum atomic E-state index is 4.92. The number of aromatic nitrogens is 3. The Balaban J connectivity index is 1.22. The Morgan fingerprint density at radius 2 is 1.97 bits per heavy atom. The number of hydrogen-bond acceptors (Lipinski definition) is 8. The van der Waals surface area contributed by atoms with E-state index in [2.05, 4.69) is 87.5 Å². The second-order valence-corrected chi connectivity index (χ2v) is 11.2. The van der Waals surface area contributed by atoms with Crippen molar-refractivity contribution in [3.8, 4) is 0 Å². The fraction of sp³-hybridized carbons (Fsp3) is 0.433. The van der Waals surface area contributed by atoms with Gasteiger partial charge in [-0.05, 0) is 63.8 Å². The number of anilines is 2.